The Morgan fingerprint density at radius 1 is 1.15 bits per heavy atom. The number of benzene rings is 1. The lowest BCUT2D eigenvalue weighted by molar-refractivity contribution is -0.116. The van der Waals surface area contributed by atoms with Crippen LogP contribution in [0.25, 0.3) is 0 Å². The summed E-state index contributed by atoms with van der Waals surface area (Å²) >= 11 is 0. The van der Waals surface area contributed by atoms with E-state index in [9.17, 15) is 4.79 Å². The Balaban J connectivity index is 1.61. The quantitative estimate of drug-likeness (QED) is 0.598. The summed E-state index contributed by atoms with van der Waals surface area (Å²) in [6.07, 6.45) is 2.89. The van der Waals surface area contributed by atoms with Gasteiger partial charge in [-0.2, -0.15) is 10.1 Å². The van der Waals surface area contributed by atoms with Gasteiger partial charge < -0.3 is 16.0 Å². The van der Waals surface area contributed by atoms with E-state index < -0.39 is 0 Å². The second-order valence-corrected chi connectivity index (χ2v) is 5.59. The molecule has 3 aromatic rings. The summed E-state index contributed by atoms with van der Waals surface area (Å²) < 4.78 is 1.46. The lowest BCUT2D eigenvalue weighted by Gasteiger charge is -2.10. The average molecular weight is 352 g/mol. The Morgan fingerprint density at radius 3 is 2.62 bits per heavy atom. The number of carbonyl (C=O) groups excluding carboxylic acids is 1. The lowest BCUT2D eigenvalue weighted by Crippen LogP contribution is -2.18. The van der Waals surface area contributed by atoms with Crippen molar-refractivity contribution in [3.63, 3.8) is 0 Å². The molecule has 0 bridgehead atoms. The molecule has 9 nitrogen and oxygen atoms in total. The molecule has 134 valence electrons. The highest BCUT2D eigenvalue weighted by molar-refractivity contribution is 5.90. The molecule has 0 aliphatic rings. The number of hydrogen-bond acceptors (Lipinski definition) is 7. The molecule has 0 saturated carbocycles. The number of amides is 1. The maximum atomic E-state index is 12.0. The summed E-state index contributed by atoms with van der Waals surface area (Å²) in [5, 5.41) is 13.1. The first-order valence-electron chi connectivity index (χ1n) is 8.21. The van der Waals surface area contributed by atoms with E-state index in [1.807, 2.05) is 44.2 Å². The van der Waals surface area contributed by atoms with Gasteiger partial charge in [0, 0.05) is 29.7 Å². The van der Waals surface area contributed by atoms with Crippen LogP contribution in [-0.2, 0) is 11.3 Å². The zero-order valence-corrected chi connectivity index (χ0v) is 14.6. The molecule has 3 N–H and O–H groups in total. The van der Waals surface area contributed by atoms with Crippen LogP contribution in [-0.4, -0.2) is 37.2 Å². The van der Waals surface area contributed by atoms with E-state index in [0.717, 1.165) is 17.9 Å². The Morgan fingerprint density at radius 2 is 1.92 bits per heavy atom. The maximum Gasteiger partial charge on any atom is 0.246 e. The Kier molecular flexibility index (Phi) is 5.37. The summed E-state index contributed by atoms with van der Waals surface area (Å²) in [4.78, 5) is 24.5. The molecule has 0 saturated heterocycles. The Labute approximate surface area is 150 Å². The number of carbonyl (C=O) groups is 1. The normalized spacial score (nSPS) is 10.4. The molecular formula is C17H20N8O. The van der Waals surface area contributed by atoms with Gasteiger partial charge >= 0.3 is 0 Å². The van der Waals surface area contributed by atoms with Gasteiger partial charge in [-0.1, -0.05) is 0 Å². The topological polar surface area (TPSA) is 110 Å². The van der Waals surface area contributed by atoms with Crippen molar-refractivity contribution in [3.05, 3.63) is 48.7 Å². The third kappa shape index (κ3) is 4.76. The van der Waals surface area contributed by atoms with Crippen LogP contribution in [0.5, 0.6) is 0 Å². The van der Waals surface area contributed by atoms with Crippen LogP contribution in [0.15, 0.2) is 43.0 Å². The second-order valence-electron chi connectivity index (χ2n) is 5.59. The molecule has 0 aliphatic heterocycles. The van der Waals surface area contributed by atoms with E-state index in [0.29, 0.717) is 17.5 Å². The molecule has 3 rings (SSSR count). The molecule has 26 heavy (non-hydrogen) atoms. The molecule has 1 aromatic carbocycles. The van der Waals surface area contributed by atoms with Crippen LogP contribution in [0.4, 0.5) is 23.1 Å². The van der Waals surface area contributed by atoms with Crippen molar-refractivity contribution in [2.75, 3.05) is 22.5 Å². The van der Waals surface area contributed by atoms with Crippen molar-refractivity contribution < 1.29 is 4.79 Å². The van der Waals surface area contributed by atoms with E-state index in [4.69, 9.17) is 0 Å². The minimum Gasteiger partial charge on any atom is -0.354 e. The molecule has 9 heteroatoms. The Hall–Kier alpha value is -3.49. The van der Waals surface area contributed by atoms with Crippen molar-refractivity contribution in [1.29, 1.82) is 0 Å². The van der Waals surface area contributed by atoms with Gasteiger partial charge in [0.1, 0.15) is 25.0 Å². The van der Waals surface area contributed by atoms with Gasteiger partial charge in [0.05, 0.1) is 0 Å². The molecular weight excluding hydrogens is 332 g/mol. The monoisotopic (exact) mass is 352 g/mol. The average Bonchev–Trinajstić information content (AvgIpc) is 3.09. The summed E-state index contributed by atoms with van der Waals surface area (Å²) in [6.45, 7) is 4.79. The molecule has 0 spiro atoms. The van der Waals surface area contributed by atoms with Gasteiger partial charge in [0.2, 0.25) is 11.9 Å². The van der Waals surface area contributed by atoms with Crippen LogP contribution < -0.4 is 16.0 Å². The smallest absolute Gasteiger partial charge is 0.246 e. The largest absolute Gasteiger partial charge is 0.354 e. The van der Waals surface area contributed by atoms with Crippen molar-refractivity contribution in [2.45, 2.75) is 20.4 Å². The second kappa shape index (κ2) is 8.06. The van der Waals surface area contributed by atoms with Crippen molar-refractivity contribution >= 4 is 29.0 Å². The number of rotatable bonds is 7. The molecule has 2 aromatic heterocycles. The third-order valence-electron chi connectivity index (χ3n) is 3.40. The van der Waals surface area contributed by atoms with Crippen molar-refractivity contribution in [1.82, 2.24) is 24.7 Å². The first-order chi connectivity index (χ1) is 12.6. The van der Waals surface area contributed by atoms with Gasteiger partial charge in [0.15, 0.2) is 0 Å². The highest BCUT2D eigenvalue weighted by atomic mass is 16.2. The first kappa shape index (κ1) is 17.3. The third-order valence-corrected chi connectivity index (χ3v) is 3.40. The molecule has 0 fully saturated rings. The summed E-state index contributed by atoms with van der Waals surface area (Å²) in [5.74, 6) is 1.13. The first-order valence-corrected chi connectivity index (χ1v) is 8.21. The fourth-order valence-electron chi connectivity index (χ4n) is 2.32. The number of aryl methyl sites for hydroxylation is 1. The standard InChI is InChI=1S/C17H20N8O/c1-3-19-17-21-12(2)8-15(24-17)22-13-4-6-14(7-5-13)23-16(26)9-25-11-18-10-20-25/h4-8,10-11H,3,9H2,1-2H3,(H,23,26)(H2,19,21,22,24). The van der Waals surface area contributed by atoms with Gasteiger partial charge in [-0.05, 0) is 38.1 Å². The van der Waals surface area contributed by atoms with E-state index >= 15 is 0 Å². The number of aromatic nitrogens is 5. The number of nitrogens with zero attached hydrogens (tertiary/aromatic N) is 5. The SMILES string of the molecule is CCNc1nc(C)cc(Nc2ccc(NC(=O)Cn3cncn3)cc2)n1. The predicted octanol–water partition coefficient (Wildman–Crippen LogP) is 2.19. The molecule has 0 unspecified atom stereocenters. The van der Waals surface area contributed by atoms with E-state index in [-0.39, 0.29) is 12.5 Å². The highest BCUT2D eigenvalue weighted by Crippen LogP contribution is 2.19. The fraction of sp³-hybridized carbons (Fsp3) is 0.235. The molecule has 1 amide bonds. The zero-order chi connectivity index (χ0) is 18.4. The van der Waals surface area contributed by atoms with Gasteiger partial charge in [0.25, 0.3) is 0 Å². The molecule has 0 radical (unpaired) electrons. The number of nitrogens with one attached hydrogen (secondary N) is 3. The van der Waals surface area contributed by atoms with E-state index in [2.05, 4.69) is 36.0 Å². The maximum absolute atomic E-state index is 12.0. The molecule has 0 atom stereocenters. The van der Waals surface area contributed by atoms with Crippen molar-refractivity contribution in [3.8, 4) is 0 Å². The van der Waals surface area contributed by atoms with Gasteiger partial charge in [-0.25, -0.2) is 14.6 Å². The van der Waals surface area contributed by atoms with Crippen LogP contribution in [0.3, 0.4) is 0 Å². The minimum atomic E-state index is -0.169. The van der Waals surface area contributed by atoms with Crippen LogP contribution in [0.1, 0.15) is 12.6 Å². The predicted molar refractivity (Wildman–Crippen MR) is 99.3 cm³/mol. The van der Waals surface area contributed by atoms with Crippen LogP contribution in [0.2, 0.25) is 0 Å². The van der Waals surface area contributed by atoms with Crippen molar-refractivity contribution in [2.24, 2.45) is 0 Å². The zero-order valence-electron chi connectivity index (χ0n) is 14.6. The van der Waals surface area contributed by atoms with Crippen LogP contribution in [0, 0.1) is 6.92 Å². The fourth-order valence-corrected chi connectivity index (χ4v) is 2.32. The van der Waals surface area contributed by atoms with Crippen LogP contribution >= 0.6 is 0 Å². The highest BCUT2D eigenvalue weighted by Gasteiger charge is 2.05. The minimum absolute atomic E-state index is 0.118. The van der Waals surface area contributed by atoms with Gasteiger partial charge in [-0.15, -0.1) is 0 Å². The van der Waals surface area contributed by atoms with Gasteiger partial charge in [-0.3, -0.25) is 4.79 Å². The Bertz CT molecular complexity index is 861. The summed E-state index contributed by atoms with van der Waals surface area (Å²) in [5.41, 5.74) is 2.43. The molecule has 0 aliphatic carbocycles. The van der Waals surface area contributed by atoms with E-state index in [1.165, 1.54) is 17.3 Å². The lowest BCUT2D eigenvalue weighted by atomic mass is 10.2. The summed E-state index contributed by atoms with van der Waals surface area (Å²) in [7, 11) is 0. The molecule has 2 heterocycles. The van der Waals surface area contributed by atoms with E-state index in [1.54, 1.807) is 0 Å². The summed E-state index contributed by atoms with van der Waals surface area (Å²) in [6, 6.07) is 9.25. The number of hydrogen-bond donors (Lipinski definition) is 3. The number of anilines is 4.